The number of primary sulfonamides is 1. The van der Waals surface area contributed by atoms with Gasteiger partial charge in [0.05, 0.1) is 9.92 Å². The first-order chi connectivity index (χ1) is 11.3. The highest BCUT2D eigenvalue weighted by atomic mass is 35.5. The first-order valence-corrected chi connectivity index (χ1v) is 8.73. The molecule has 0 aliphatic rings. The number of fused-ring (bicyclic) bond motifs is 1. The fourth-order valence-electron chi connectivity index (χ4n) is 2.14. The Labute approximate surface area is 142 Å². The van der Waals surface area contributed by atoms with E-state index in [2.05, 4.69) is 0 Å². The zero-order valence-electron chi connectivity index (χ0n) is 12.2. The largest absolute Gasteiger partial charge is 0.489 e. The summed E-state index contributed by atoms with van der Waals surface area (Å²) in [4.78, 5) is 11.4. The molecule has 2 aromatic carbocycles. The highest BCUT2D eigenvalue weighted by Gasteiger charge is 2.08. The molecule has 0 spiro atoms. The topological polar surface area (TPSA) is 99.6 Å². The number of benzene rings is 2. The quantitative estimate of drug-likeness (QED) is 0.716. The SMILES string of the molecule is NS(=O)(=O)c1ccc(COc2ccc3c(Cl)cc(=O)oc3c2)cc1. The molecule has 0 saturated heterocycles. The van der Waals surface area contributed by atoms with E-state index >= 15 is 0 Å². The van der Waals surface area contributed by atoms with Crippen molar-refractivity contribution in [3.8, 4) is 5.75 Å². The number of hydrogen-bond acceptors (Lipinski definition) is 5. The second-order valence-corrected chi connectivity index (χ2v) is 7.02. The summed E-state index contributed by atoms with van der Waals surface area (Å²) >= 11 is 5.98. The lowest BCUT2D eigenvalue weighted by atomic mass is 10.2. The van der Waals surface area contributed by atoms with Crippen LogP contribution in [0.4, 0.5) is 0 Å². The second-order valence-electron chi connectivity index (χ2n) is 5.05. The number of hydrogen-bond donors (Lipinski definition) is 1. The molecule has 1 aromatic heterocycles. The first-order valence-electron chi connectivity index (χ1n) is 6.81. The number of nitrogens with two attached hydrogens (primary N) is 1. The molecule has 8 heteroatoms. The summed E-state index contributed by atoms with van der Waals surface area (Å²) in [5.41, 5.74) is 0.549. The van der Waals surface area contributed by atoms with Crippen LogP contribution in [0.25, 0.3) is 11.0 Å². The van der Waals surface area contributed by atoms with Crippen LogP contribution in [0.2, 0.25) is 5.02 Å². The molecule has 24 heavy (non-hydrogen) atoms. The Morgan fingerprint density at radius 1 is 1.08 bits per heavy atom. The van der Waals surface area contributed by atoms with Gasteiger partial charge in [-0.25, -0.2) is 18.4 Å². The Bertz CT molecular complexity index is 1060. The van der Waals surface area contributed by atoms with Gasteiger partial charge in [0.25, 0.3) is 0 Å². The summed E-state index contributed by atoms with van der Waals surface area (Å²) in [6.07, 6.45) is 0. The average Bonchev–Trinajstić information content (AvgIpc) is 2.52. The summed E-state index contributed by atoms with van der Waals surface area (Å²) in [7, 11) is -3.71. The van der Waals surface area contributed by atoms with E-state index in [1.54, 1.807) is 30.3 Å². The number of sulfonamides is 1. The van der Waals surface area contributed by atoms with Crippen LogP contribution in [0.15, 0.2) is 62.6 Å². The van der Waals surface area contributed by atoms with E-state index < -0.39 is 15.6 Å². The molecule has 0 amide bonds. The maximum Gasteiger partial charge on any atom is 0.337 e. The van der Waals surface area contributed by atoms with Crippen molar-refractivity contribution in [1.29, 1.82) is 0 Å². The van der Waals surface area contributed by atoms with Crippen molar-refractivity contribution in [1.82, 2.24) is 0 Å². The molecular weight excluding hydrogens is 354 g/mol. The van der Waals surface area contributed by atoms with Crippen LogP contribution in [0.3, 0.4) is 0 Å². The molecule has 3 rings (SSSR count). The summed E-state index contributed by atoms with van der Waals surface area (Å²) in [5, 5.41) is 5.97. The van der Waals surface area contributed by atoms with Crippen molar-refractivity contribution in [3.05, 3.63) is 69.5 Å². The molecule has 0 atom stereocenters. The summed E-state index contributed by atoms with van der Waals surface area (Å²) in [6.45, 7) is 0.210. The van der Waals surface area contributed by atoms with Crippen LogP contribution in [-0.4, -0.2) is 8.42 Å². The summed E-state index contributed by atoms with van der Waals surface area (Å²) in [5.74, 6) is 0.489. The molecule has 0 fully saturated rings. The lowest BCUT2D eigenvalue weighted by Crippen LogP contribution is -2.12. The van der Waals surface area contributed by atoms with Gasteiger partial charge in [0, 0.05) is 17.5 Å². The van der Waals surface area contributed by atoms with Crippen molar-refractivity contribution in [2.45, 2.75) is 11.5 Å². The Morgan fingerprint density at radius 3 is 2.46 bits per heavy atom. The minimum Gasteiger partial charge on any atom is -0.489 e. The zero-order chi connectivity index (χ0) is 17.3. The van der Waals surface area contributed by atoms with Gasteiger partial charge in [0.15, 0.2) is 0 Å². The van der Waals surface area contributed by atoms with Crippen LogP contribution in [0.1, 0.15) is 5.56 Å². The molecule has 3 aromatic rings. The molecule has 6 nitrogen and oxygen atoms in total. The van der Waals surface area contributed by atoms with Crippen molar-refractivity contribution in [3.63, 3.8) is 0 Å². The summed E-state index contributed by atoms with van der Waals surface area (Å²) < 4.78 is 33.1. The molecule has 2 N–H and O–H groups in total. The molecular formula is C16H12ClNO5S. The third kappa shape index (κ3) is 3.59. The van der Waals surface area contributed by atoms with Gasteiger partial charge in [-0.15, -0.1) is 0 Å². The highest BCUT2D eigenvalue weighted by molar-refractivity contribution is 7.89. The number of halogens is 1. The Kier molecular flexibility index (Phi) is 4.31. The normalized spacial score (nSPS) is 11.6. The number of ether oxygens (including phenoxy) is 1. The van der Waals surface area contributed by atoms with E-state index in [0.717, 1.165) is 5.56 Å². The fourth-order valence-corrected chi connectivity index (χ4v) is 2.90. The molecule has 124 valence electrons. The van der Waals surface area contributed by atoms with E-state index in [-0.39, 0.29) is 11.5 Å². The molecule has 0 radical (unpaired) electrons. The highest BCUT2D eigenvalue weighted by Crippen LogP contribution is 2.26. The van der Waals surface area contributed by atoms with Crippen molar-refractivity contribution < 1.29 is 17.6 Å². The zero-order valence-corrected chi connectivity index (χ0v) is 13.8. The third-order valence-electron chi connectivity index (χ3n) is 3.32. The maximum atomic E-state index is 11.4. The molecule has 0 aliphatic carbocycles. The summed E-state index contributed by atoms with van der Waals surface area (Å²) in [6, 6.07) is 12.2. The Hall–Kier alpha value is -2.35. The van der Waals surface area contributed by atoms with Crippen LogP contribution >= 0.6 is 11.6 Å². The van der Waals surface area contributed by atoms with Gasteiger partial charge >= 0.3 is 5.63 Å². The van der Waals surface area contributed by atoms with Crippen LogP contribution in [0.5, 0.6) is 5.75 Å². The molecule has 0 saturated carbocycles. The number of rotatable bonds is 4. The average molecular weight is 366 g/mol. The van der Waals surface area contributed by atoms with E-state index in [1.807, 2.05) is 0 Å². The predicted octanol–water partition coefficient (Wildman–Crippen LogP) is 2.67. The Morgan fingerprint density at radius 2 is 1.79 bits per heavy atom. The van der Waals surface area contributed by atoms with Crippen LogP contribution in [0, 0.1) is 0 Å². The predicted molar refractivity (Wildman–Crippen MR) is 89.6 cm³/mol. The lowest BCUT2D eigenvalue weighted by Gasteiger charge is -2.08. The van der Waals surface area contributed by atoms with E-state index in [9.17, 15) is 13.2 Å². The van der Waals surface area contributed by atoms with E-state index in [0.29, 0.717) is 21.7 Å². The van der Waals surface area contributed by atoms with Gasteiger partial charge in [-0.1, -0.05) is 23.7 Å². The van der Waals surface area contributed by atoms with Crippen LogP contribution in [-0.2, 0) is 16.6 Å². The molecule has 0 unspecified atom stereocenters. The van der Waals surface area contributed by atoms with Crippen molar-refractivity contribution >= 4 is 32.6 Å². The van der Waals surface area contributed by atoms with Crippen molar-refractivity contribution in [2.24, 2.45) is 5.14 Å². The maximum absolute atomic E-state index is 11.4. The van der Waals surface area contributed by atoms with E-state index in [1.165, 1.54) is 18.2 Å². The van der Waals surface area contributed by atoms with Gasteiger partial charge in [0.2, 0.25) is 10.0 Å². The monoisotopic (exact) mass is 365 g/mol. The second kappa shape index (κ2) is 6.27. The standard InChI is InChI=1S/C16H12ClNO5S/c17-14-8-16(19)23-15-7-11(3-6-13(14)15)22-9-10-1-4-12(5-2-10)24(18,20)21/h1-8H,9H2,(H2,18,20,21). The molecule has 0 bridgehead atoms. The van der Waals surface area contributed by atoms with Crippen LogP contribution < -0.4 is 15.5 Å². The smallest absolute Gasteiger partial charge is 0.337 e. The molecule has 1 heterocycles. The van der Waals surface area contributed by atoms with Gasteiger partial charge in [0.1, 0.15) is 17.9 Å². The van der Waals surface area contributed by atoms with Gasteiger partial charge in [-0.2, -0.15) is 0 Å². The fraction of sp³-hybridized carbons (Fsp3) is 0.0625. The van der Waals surface area contributed by atoms with Gasteiger partial charge in [-0.3, -0.25) is 0 Å². The first kappa shape index (κ1) is 16.5. The van der Waals surface area contributed by atoms with Crippen molar-refractivity contribution in [2.75, 3.05) is 0 Å². The third-order valence-corrected chi connectivity index (χ3v) is 4.56. The van der Waals surface area contributed by atoms with Gasteiger partial charge < -0.3 is 9.15 Å². The Balaban J connectivity index is 1.79. The van der Waals surface area contributed by atoms with Gasteiger partial charge in [-0.05, 0) is 29.8 Å². The lowest BCUT2D eigenvalue weighted by molar-refractivity contribution is 0.306. The molecule has 0 aliphatic heterocycles. The minimum absolute atomic E-state index is 0.0355. The minimum atomic E-state index is -3.71. The van der Waals surface area contributed by atoms with E-state index in [4.69, 9.17) is 25.9 Å².